The first-order chi connectivity index (χ1) is 14.6. The van der Waals surface area contributed by atoms with Gasteiger partial charge in [-0.1, -0.05) is 86.1 Å². The number of hydrogen-bond donors (Lipinski definition) is 0. The van der Waals surface area contributed by atoms with E-state index in [4.69, 9.17) is 4.99 Å². The van der Waals surface area contributed by atoms with Gasteiger partial charge in [0.2, 0.25) is 0 Å². The molecule has 0 fully saturated rings. The number of nitrogens with zero attached hydrogens (tertiary/aromatic N) is 2. The number of aryl methyl sites for hydroxylation is 2. The van der Waals surface area contributed by atoms with Gasteiger partial charge in [-0.15, -0.1) is 11.3 Å². The molecule has 152 valence electrons. The number of benzene rings is 3. The van der Waals surface area contributed by atoms with Gasteiger partial charge >= 0.3 is 0 Å². The van der Waals surface area contributed by atoms with Gasteiger partial charge < -0.3 is 4.57 Å². The average molecular weight is 413 g/mol. The fourth-order valence-electron chi connectivity index (χ4n) is 3.52. The predicted octanol–water partition coefficient (Wildman–Crippen LogP) is 7.12. The highest BCUT2D eigenvalue weighted by atomic mass is 32.1. The molecule has 3 heteroatoms. The van der Waals surface area contributed by atoms with E-state index >= 15 is 0 Å². The Balaban J connectivity index is 1.73. The Morgan fingerprint density at radius 2 is 1.57 bits per heavy atom. The molecule has 0 radical (unpaired) electrons. The lowest BCUT2D eigenvalue weighted by Gasteiger charge is -2.11. The van der Waals surface area contributed by atoms with Gasteiger partial charge in [-0.3, -0.25) is 0 Å². The van der Waals surface area contributed by atoms with E-state index in [1.807, 2.05) is 0 Å². The minimum absolute atomic E-state index is 0.541. The molecule has 3 aromatic carbocycles. The standard InChI is InChI=1S/C27H28N2S/c1-20(2)23-11-13-24(14-12-23)26-19-30-27(28-25-15-9-21(3)10-16-25)29(26)18-17-22-7-5-4-6-8-22/h4-16,19-20H,17-18H2,1-3H3. The van der Waals surface area contributed by atoms with Crippen LogP contribution in [-0.4, -0.2) is 4.57 Å². The van der Waals surface area contributed by atoms with Crippen molar-refractivity contribution in [1.82, 2.24) is 4.57 Å². The summed E-state index contributed by atoms with van der Waals surface area (Å²) < 4.78 is 2.36. The summed E-state index contributed by atoms with van der Waals surface area (Å²) >= 11 is 1.71. The Morgan fingerprint density at radius 3 is 2.23 bits per heavy atom. The zero-order valence-electron chi connectivity index (χ0n) is 17.9. The van der Waals surface area contributed by atoms with E-state index < -0.39 is 0 Å². The molecule has 2 nitrogen and oxygen atoms in total. The average Bonchev–Trinajstić information content (AvgIpc) is 3.17. The highest BCUT2D eigenvalue weighted by Gasteiger charge is 2.09. The van der Waals surface area contributed by atoms with Crippen LogP contribution in [0.15, 0.2) is 89.2 Å². The summed E-state index contributed by atoms with van der Waals surface area (Å²) in [7, 11) is 0. The number of rotatable bonds is 6. The summed E-state index contributed by atoms with van der Waals surface area (Å²) in [5.41, 5.74) is 7.44. The molecule has 1 aromatic heterocycles. The highest BCUT2D eigenvalue weighted by molar-refractivity contribution is 7.07. The van der Waals surface area contributed by atoms with Gasteiger partial charge in [-0.2, -0.15) is 0 Å². The first kappa shape index (κ1) is 20.4. The molecule has 0 aliphatic rings. The SMILES string of the molecule is Cc1ccc(N=c2scc(-c3ccc(C(C)C)cc3)n2CCc2ccccc2)cc1. The van der Waals surface area contributed by atoms with Crippen LogP contribution in [0.25, 0.3) is 11.3 Å². The van der Waals surface area contributed by atoms with E-state index in [1.54, 1.807) is 11.3 Å². The molecule has 0 atom stereocenters. The van der Waals surface area contributed by atoms with Crippen molar-refractivity contribution in [2.75, 3.05) is 0 Å². The monoisotopic (exact) mass is 412 g/mol. The fourth-order valence-corrected chi connectivity index (χ4v) is 4.47. The first-order valence-electron chi connectivity index (χ1n) is 10.5. The van der Waals surface area contributed by atoms with E-state index in [0.29, 0.717) is 5.92 Å². The normalized spacial score (nSPS) is 11.9. The Bertz CT molecular complexity index is 1150. The van der Waals surface area contributed by atoms with Crippen molar-refractivity contribution in [1.29, 1.82) is 0 Å². The molecule has 0 saturated carbocycles. The van der Waals surface area contributed by atoms with E-state index in [2.05, 4.69) is 110 Å². The van der Waals surface area contributed by atoms with Gasteiger partial charge in [-0.25, -0.2) is 4.99 Å². The quantitative estimate of drug-likeness (QED) is 0.321. The number of aromatic nitrogens is 1. The van der Waals surface area contributed by atoms with Gasteiger partial charge in [0.15, 0.2) is 4.80 Å². The summed E-state index contributed by atoms with van der Waals surface area (Å²) in [5.74, 6) is 0.541. The predicted molar refractivity (Wildman–Crippen MR) is 128 cm³/mol. The maximum absolute atomic E-state index is 4.97. The van der Waals surface area contributed by atoms with Crippen LogP contribution in [-0.2, 0) is 13.0 Å². The molecule has 0 spiro atoms. The first-order valence-corrected chi connectivity index (χ1v) is 11.4. The van der Waals surface area contributed by atoms with E-state index in [0.717, 1.165) is 23.5 Å². The number of thiazole rings is 1. The molecule has 4 rings (SSSR count). The second-order valence-electron chi connectivity index (χ2n) is 8.01. The Labute approximate surface area is 183 Å². The lowest BCUT2D eigenvalue weighted by atomic mass is 10.0. The summed E-state index contributed by atoms with van der Waals surface area (Å²) in [4.78, 5) is 6.01. The van der Waals surface area contributed by atoms with Crippen molar-refractivity contribution in [2.45, 2.75) is 39.7 Å². The molecule has 0 N–H and O–H groups in total. The van der Waals surface area contributed by atoms with Crippen LogP contribution in [0.4, 0.5) is 5.69 Å². The van der Waals surface area contributed by atoms with Crippen molar-refractivity contribution in [3.8, 4) is 11.3 Å². The van der Waals surface area contributed by atoms with E-state index in [-0.39, 0.29) is 0 Å². The van der Waals surface area contributed by atoms with Crippen LogP contribution in [0.1, 0.15) is 36.5 Å². The van der Waals surface area contributed by atoms with Crippen LogP contribution < -0.4 is 4.80 Å². The van der Waals surface area contributed by atoms with Crippen LogP contribution in [0, 0.1) is 6.92 Å². The molecular weight excluding hydrogens is 384 g/mol. The molecule has 1 heterocycles. The number of hydrogen-bond acceptors (Lipinski definition) is 2. The minimum Gasteiger partial charge on any atom is -0.316 e. The molecule has 0 aliphatic heterocycles. The van der Waals surface area contributed by atoms with Crippen molar-refractivity contribution in [3.05, 3.63) is 106 Å². The lowest BCUT2D eigenvalue weighted by molar-refractivity contribution is 0.684. The third-order valence-corrected chi connectivity index (χ3v) is 6.26. The van der Waals surface area contributed by atoms with Gasteiger partial charge in [0.05, 0.1) is 11.4 Å². The van der Waals surface area contributed by atoms with Crippen LogP contribution in [0.5, 0.6) is 0 Å². The second-order valence-corrected chi connectivity index (χ2v) is 8.85. The summed E-state index contributed by atoms with van der Waals surface area (Å²) in [6.07, 6.45) is 0.982. The molecule has 0 unspecified atom stereocenters. The van der Waals surface area contributed by atoms with Crippen molar-refractivity contribution in [3.63, 3.8) is 0 Å². The Morgan fingerprint density at radius 1 is 0.867 bits per heavy atom. The van der Waals surface area contributed by atoms with Gasteiger partial charge in [0.25, 0.3) is 0 Å². The summed E-state index contributed by atoms with van der Waals surface area (Å²) in [6, 6.07) is 28.1. The van der Waals surface area contributed by atoms with Gasteiger partial charge in [0.1, 0.15) is 0 Å². The maximum Gasteiger partial charge on any atom is 0.190 e. The van der Waals surface area contributed by atoms with E-state index in [9.17, 15) is 0 Å². The highest BCUT2D eigenvalue weighted by Crippen LogP contribution is 2.24. The van der Waals surface area contributed by atoms with Gasteiger partial charge in [-0.05, 0) is 48.1 Å². The maximum atomic E-state index is 4.97. The Hall–Kier alpha value is -2.91. The zero-order chi connectivity index (χ0) is 20.9. The minimum atomic E-state index is 0.541. The molecule has 0 aliphatic carbocycles. The molecule has 0 saturated heterocycles. The van der Waals surface area contributed by atoms with Crippen molar-refractivity contribution >= 4 is 17.0 Å². The summed E-state index contributed by atoms with van der Waals surface area (Å²) in [6.45, 7) is 7.48. The van der Waals surface area contributed by atoms with Gasteiger partial charge in [0, 0.05) is 11.9 Å². The molecule has 0 amide bonds. The second kappa shape index (κ2) is 9.27. The van der Waals surface area contributed by atoms with Crippen LogP contribution in [0.3, 0.4) is 0 Å². The molecular formula is C27H28N2S. The largest absolute Gasteiger partial charge is 0.316 e. The Kier molecular flexibility index (Phi) is 6.29. The topological polar surface area (TPSA) is 17.3 Å². The molecule has 4 aromatic rings. The van der Waals surface area contributed by atoms with E-state index in [1.165, 1.54) is 27.9 Å². The van der Waals surface area contributed by atoms with Crippen LogP contribution in [0.2, 0.25) is 0 Å². The fraction of sp³-hybridized carbons (Fsp3) is 0.222. The van der Waals surface area contributed by atoms with Crippen molar-refractivity contribution in [2.24, 2.45) is 4.99 Å². The smallest absolute Gasteiger partial charge is 0.190 e. The van der Waals surface area contributed by atoms with Crippen molar-refractivity contribution < 1.29 is 0 Å². The molecule has 0 bridgehead atoms. The summed E-state index contributed by atoms with van der Waals surface area (Å²) in [5, 5.41) is 2.24. The third kappa shape index (κ3) is 4.80. The van der Waals surface area contributed by atoms with Crippen LogP contribution >= 0.6 is 11.3 Å². The zero-order valence-corrected chi connectivity index (χ0v) is 18.7. The lowest BCUT2D eigenvalue weighted by Crippen LogP contribution is -2.17. The third-order valence-electron chi connectivity index (χ3n) is 5.40. The molecule has 30 heavy (non-hydrogen) atoms.